The molecule has 2 aromatic rings. The van der Waals surface area contributed by atoms with E-state index in [-0.39, 0.29) is 11.3 Å². The van der Waals surface area contributed by atoms with Gasteiger partial charge in [0.15, 0.2) is 5.76 Å². The van der Waals surface area contributed by atoms with Crippen molar-refractivity contribution in [3.8, 4) is 0 Å². The summed E-state index contributed by atoms with van der Waals surface area (Å²) in [5.41, 5.74) is 0.498. The zero-order chi connectivity index (χ0) is 16.7. The van der Waals surface area contributed by atoms with Gasteiger partial charge in [0, 0.05) is 11.8 Å². The van der Waals surface area contributed by atoms with Gasteiger partial charge < -0.3 is 14.5 Å². The highest BCUT2D eigenvalue weighted by molar-refractivity contribution is 6.04. The molecular weight excluding hydrogens is 298 g/mol. The number of carbonyl (C=O) groups is 3. The maximum Gasteiger partial charge on any atom is 0.346 e. The lowest BCUT2D eigenvalue weighted by Gasteiger charge is -2.05. The van der Waals surface area contributed by atoms with Crippen LogP contribution < -0.4 is 5.32 Å². The molecule has 0 aliphatic heterocycles. The number of esters is 2. The average molecular weight is 311 g/mol. The average Bonchev–Trinajstić information content (AvgIpc) is 3.07. The number of allylic oxidation sites excluding steroid dienone is 2. The molecule has 1 aromatic carbocycles. The summed E-state index contributed by atoms with van der Waals surface area (Å²) in [4.78, 5) is 35.1. The number of furan rings is 1. The van der Waals surface area contributed by atoms with Gasteiger partial charge in [0.2, 0.25) is 0 Å². The maximum atomic E-state index is 11.9. The number of carbonyl (C=O) groups excluding carboxylic acids is 3. The fraction of sp³-hybridized carbons (Fsp3) is 0. The topological polar surface area (TPSA) is 85.6 Å². The van der Waals surface area contributed by atoms with E-state index in [1.54, 1.807) is 18.2 Å². The number of ether oxygens (including phenoxy) is 1. The first-order valence-corrected chi connectivity index (χ1v) is 6.60. The Labute approximate surface area is 132 Å². The predicted molar refractivity (Wildman–Crippen MR) is 82.9 cm³/mol. The maximum absolute atomic E-state index is 11.9. The summed E-state index contributed by atoms with van der Waals surface area (Å²) < 4.78 is 9.60. The van der Waals surface area contributed by atoms with Crippen LogP contribution in [0.25, 0.3) is 0 Å². The van der Waals surface area contributed by atoms with E-state index in [9.17, 15) is 14.4 Å². The van der Waals surface area contributed by atoms with Gasteiger partial charge in [0.05, 0.1) is 11.8 Å². The van der Waals surface area contributed by atoms with Gasteiger partial charge in [-0.25, -0.2) is 9.59 Å². The van der Waals surface area contributed by atoms with Crippen molar-refractivity contribution in [3.05, 3.63) is 78.8 Å². The molecular formula is C17H13NO5. The van der Waals surface area contributed by atoms with Crippen molar-refractivity contribution in [3.63, 3.8) is 0 Å². The van der Waals surface area contributed by atoms with Crippen LogP contribution in [0, 0.1) is 0 Å². The lowest BCUT2D eigenvalue weighted by molar-refractivity contribution is -0.132. The van der Waals surface area contributed by atoms with Gasteiger partial charge in [-0.1, -0.05) is 24.8 Å². The SMILES string of the molecule is C=C/C=C/C(=O)OC(=O)c1cccc(NC(=O)c2ccco2)c1. The molecule has 0 aliphatic rings. The molecule has 6 heteroatoms. The summed E-state index contributed by atoms with van der Waals surface area (Å²) >= 11 is 0. The first-order valence-electron chi connectivity index (χ1n) is 6.60. The van der Waals surface area contributed by atoms with Crippen molar-refractivity contribution in [2.24, 2.45) is 0 Å². The van der Waals surface area contributed by atoms with E-state index in [0.717, 1.165) is 6.08 Å². The molecule has 6 nitrogen and oxygen atoms in total. The van der Waals surface area contributed by atoms with Crippen LogP contribution in [0.3, 0.4) is 0 Å². The summed E-state index contributed by atoms with van der Waals surface area (Å²) in [5, 5.41) is 2.57. The molecule has 1 amide bonds. The van der Waals surface area contributed by atoms with Gasteiger partial charge in [-0.15, -0.1) is 0 Å². The zero-order valence-electron chi connectivity index (χ0n) is 12.0. The van der Waals surface area contributed by atoms with Crippen LogP contribution >= 0.6 is 0 Å². The number of anilines is 1. The minimum atomic E-state index is -0.821. The molecule has 0 spiro atoms. The summed E-state index contributed by atoms with van der Waals surface area (Å²) in [7, 11) is 0. The molecule has 1 aromatic heterocycles. The second-order valence-electron chi connectivity index (χ2n) is 4.32. The minimum Gasteiger partial charge on any atom is -0.459 e. The first kappa shape index (κ1) is 16.0. The smallest absolute Gasteiger partial charge is 0.346 e. The van der Waals surface area contributed by atoms with E-state index in [4.69, 9.17) is 4.42 Å². The van der Waals surface area contributed by atoms with Gasteiger partial charge in [-0.05, 0) is 30.3 Å². The Morgan fingerprint density at radius 3 is 2.70 bits per heavy atom. The van der Waals surface area contributed by atoms with E-state index in [1.807, 2.05) is 0 Å². The van der Waals surface area contributed by atoms with Crippen LogP contribution in [-0.4, -0.2) is 17.8 Å². The van der Waals surface area contributed by atoms with Gasteiger partial charge in [0.25, 0.3) is 5.91 Å². The number of amides is 1. The third-order valence-electron chi connectivity index (χ3n) is 2.66. The van der Waals surface area contributed by atoms with Crippen LogP contribution in [0.5, 0.6) is 0 Å². The van der Waals surface area contributed by atoms with Crippen molar-refractivity contribution in [1.29, 1.82) is 0 Å². The highest BCUT2D eigenvalue weighted by atomic mass is 16.6. The highest BCUT2D eigenvalue weighted by Crippen LogP contribution is 2.13. The molecule has 1 N–H and O–H groups in total. The Bertz CT molecular complexity index is 759. The van der Waals surface area contributed by atoms with Gasteiger partial charge in [-0.2, -0.15) is 0 Å². The Balaban J connectivity index is 2.05. The second-order valence-corrected chi connectivity index (χ2v) is 4.32. The summed E-state index contributed by atoms with van der Waals surface area (Å²) in [6.45, 7) is 3.40. The van der Waals surface area contributed by atoms with E-state index in [2.05, 4.69) is 16.6 Å². The van der Waals surface area contributed by atoms with Crippen LogP contribution in [0.1, 0.15) is 20.9 Å². The molecule has 0 radical (unpaired) electrons. The van der Waals surface area contributed by atoms with Crippen molar-refractivity contribution < 1.29 is 23.5 Å². The number of benzene rings is 1. The second kappa shape index (κ2) is 7.56. The Morgan fingerprint density at radius 1 is 1.17 bits per heavy atom. The quantitative estimate of drug-likeness (QED) is 0.397. The standard InChI is InChI=1S/C17H13NO5/c1-2-3-9-15(19)23-17(21)12-6-4-7-13(11-12)18-16(20)14-8-5-10-22-14/h2-11H,1H2,(H,18,20)/b9-3+. The lowest BCUT2D eigenvalue weighted by Crippen LogP contribution is -2.13. The third-order valence-corrected chi connectivity index (χ3v) is 2.66. The molecule has 0 fully saturated rings. The van der Waals surface area contributed by atoms with E-state index >= 15 is 0 Å². The van der Waals surface area contributed by atoms with Crippen molar-refractivity contribution in [2.75, 3.05) is 5.32 Å². The predicted octanol–water partition coefficient (Wildman–Crippen LogP) is 2.96. The lowest BCUT2D eigenvalue weighted by atomic mass is 10.2. The number of rotatable bonds is 5. The fourth-order valence-electron chi connectivity index (χ4n) is 1.66. The van der Waals surface area contributed by atoms with Crippen molar-refractivity contribution in [1.82, 2.24) is 0 Å². The fourth-order valence-corrected chi connectivity index (χ4v) is 1.66. The molecule has 23 heavy (non-hydrogen) atoms. The minimum absolute atomic E-state index is 0.127. The van der Waals surface area contributed by atoms with E-state index in [1.165, 1.54) is 36.6 Å². The van der Waals surface area contributed by atoms with Crippen LogP contribution in [0.15, 0.2) is 71.9 Å². The Kier molecular flexibility index (Phi) is 5.25. The zero-order valence-corrected chi connectivity index (χ0v) is 12.0. The Morgan fingerprint density at radius 2 is 2.00 bits per heavy atom. The van der Waals surface area contributed by atoms with E-state index in [0.29, 0.717) is 5.69 Å². The molecule has 0 bridgehead atoms. The molecule has 0 saturated carbocycles. The molecule has 0 aliphatic carbocycles. The Hall–Kier alpha value is -3.41. The molecule has 0 unspecified atom stereocenters. The third kappa shape index (κ3) is 4.53. The van der Waals surface area contributed by atoms with Crippen molar-refractivity contribution in [2.45, 2.75) is 0 Å². The molecule has 0 atom stereocenters. The molecule has 1 heterocycles. The van der Waals surface area contributed by atoms with Crippen LogP contribution in [0.4, 0.5) is 5.69 Å². The first-order chi connectivity index (χ1) is 11.1. The summed E-state index contributed by atoms with van der Waals surface area (Å²) in [6.07, 6.45) is 5.20. The molecule has 116 valence electrons. The highest BCUT2D eigenvalue weighted by Gasteiger charge is 2.13. The molecule has 2 rings (SSSR count). The van der Waals surface area contributed by atoms with Gasteiger partial charge >= 0.3 is 11.9 Å². The van der Waals surface area contributed by atoms with Crippen LogP contribution in [-0.2, 0) is 9.53 Å². The molecule has 0 saturated heterocycles. The van der Waals surface area contributed by atoms with Crippen LogP contribution in [0.2, 0.25) is 0 Å². The normalized spacial score (nSPS) is 10.3. The number of nitrogens with one attached hydrogen (secondary N) is 1. The van der Waals surface area contributed by atoms with Gasteiger partial charge in [-0.3, -0.25) is 4.79 Å². The number of hydrogen-bond acceptors (Lipinski definition) is 5. The van der Waals surface area contributed by atoms with Crippen molar-refractivity contribution >= 4 is 23.5 Å². The monoisotopic (exact) mass is 311 g/mol. The largest absolute Gasteiger partial charge is 0.459 e. The number of hydrogen-bond donors (Lipinski definition) is 1. The van der Waals surface area contributed by atoms with E-state index < -0.39 is 17.8 Å². The van der Waals surface area contributed by atoms with Gasteiger partial charge in [0.1, 0.15) is 0 Å². The summed E-state index contributed by atoms with van der Waals surface area (Å²) in [6, 6.07) is 9.11. The summed E-state index contributed by atoms with van der Waals surface area (Å²) in [5.74, 6) is -1.94.